The van der Waals surface area contributed by atoms with Crippen molar-refractivity contribution in [2.45, 2.75) is 13.1 Å². The van der Waals surface area contributed by atoms with Crippen molar-refractivity contribution >= 4 is 33.2 Å². The van der Waals surface area contributed by atoms with Crippen LogP contribution in [0.5, 0.6) is 0 Å². The van der Waals surface area contributed by atoms with Crippen LogP contribution >= 0.6 is 27.3 Å². The molecular formula is C17H15BrN2OS. The highest BCUT2D eigenvalue weighted by Gasteiger charge is 2.11. The van der Waals surface area contributed by atoms with Gasteiger partial charge in [-0.25, -0.2) is 0 Å². The van der Waals surface area contributed by atoms with Gasteiger partial charge in [0.1, 0.15) is 5.69 Å². The van der Waals surface area contributed by atoms with Crippen LogP contribution in [-0.4, -0.2) is 10.5 Å². The molecule has 112 valence electrons. The van der Waals surface area contributed by atoms with E-state index in [-0.39, 0.29) is 5.91 Å². The van der Waals surface area contributed by atoms with Crippen molar-refractivity contribution < 1.29 is 4.79 Å². The Balaban J connectivity index is 1.68. The molecule has 5 heteroatoms. The lowest BCUT2D eigenvalue weighted by Crippen LogP contribution is -2.25. The zero-order valence-corrected chi connectivity index (χ0v) is 14.2. The van der Waals surface area contributed by atoms with Crippen LogP contribution in [0.25, 0.3) is 0 Å². The van der Waals surface area contributed by atoms with E-state index < -0.39 is 0 Å². The van der Waals surface area contributed by atoms with Gasteiger partial charge in [0.15, 0.2) is 0 Å². The number of nitrogens with one attached hydrogen (secondary N) is 1. The van der Waals surface area contributed by atoms with Gasteiger partial charge in [-0.3, -0.25) is 4.79 Å². The Kier molecular flexibility index (Phi) is 4.75. The van der Waals surface area contributed by atoms with E-state index in [1.807, 2.05) is 52.5 Å². The van der Waals surface area contributed by atoms with Crippen LogP contribution in [0.1, 0.15) is 20.9 Å². The Morgan fingerprint density at radius 1 is 1.14 bits per heavy atom. The third kappa shape index (κ3) is 3.48. The number of benzene rings is 1. The average molecular weight is 375 g/mol. The van der Waals surface area contributed by atoms with Crippen molar-refractivity contribution in [3.8, 4) is 0 Å². The number of rotatable bonds is 5. The number of nitrogens with zero attached hydrogens (tertiary/aromatic N) is 1. The van der Waals surface area contributed by atoms with Crippen molar-refractivity contribution in [2.75, 3.05) is 0 Å². The van der Waals surface area contributed by atoms with Crippen molar-refractivity contribution in [3.63, 3.8) is 0 Å². The summed E-state index contributed by atoms with van der Waals surface area (Å²) in [5, 5.41) is 4.98. The second-order valence-electron chi connectivity index (χ2n) is 4.88. The Hall–Kier alpha value is -1.85. The highest BCUT2D eigenvalue weighted by molar-refractivity contribution is 9.10. The van der Waals surface area contributed by atoms with Gasteiger partial charge in [0.05, 0.1) is 6.54 Å². The van der Waals surface area contributed by atoms with E-state index in [4.69, 9.17) is 0 Å². The summed E-state index contributed by atoms with van der Waals surface area (Å²) in [5.74, 6) is -0.0544. The molecule has 22 heavy (non-hydrogen) atoms. The standard InChI is InChI=1S/C17H15BrN2OS/c18-14-8-10-22-16(14)11-19-17(21)15-7-4-9-20(15)12-13-5-2-1-3-6-13/h1-10H,11-12H2,(H,19,21). The predicted molar refractivity (Wildman–Crippen MR) is 93.2 cm³/mol. The summed E-state index contributed by atoms with van der Waals surface area (Å²) in [4.78, 5) is 13.5. The molecule has 0 unspecified atom stereocenters. The third-order valence-corrected chi connectivity index (χ3v) is 5.28. The van der Waals surface area contributed by atoms with Gasteiger partial charge in [0, 0.05) is 22.1 Å². The molecular weight excluding hydrogens is 360 g/mol. The fraction of sp³-hybridized carbons (Fsp3) is 0.118. The largest absolute Gasteiger partial charge is 0.346 e. The summed E-state index contributed by atoms with van der Waals surface area (Å²) < 4.78 is 3.01. The maximum absolute atomic E-state index is 12.4. The fourth-order valence-electron chi connectivity index (χ4n) is 2.24. The maximum atomic E-state index is 12.4. The van der Waals surface area contributed by atoms with Crippen LogP contribution in [0, 0.1) is 0 Å². The van der Waals surface area contributed by atoms with Crippen molar-refractivity contribution in [3.05, 3.63) is 80.7 Å². The van der Waals surface area contributed by atoms with E-state index in [1.54, 1.807) is 11.3 Å². The number of carbonyl (C=O) groups is 1. The van der Waals surface area contributed by atoms with E-state index >= 15 is 0 Å². The van der Waals surface area contributed by atoms with Crippen LogP contribution in [0.3, 0.4) is 0 Å². The monoisotopic (exact) mass is 374 g/mol. The minimum absolute atomic E-state index is 0.0544. The first-order valence-electron chi connectivity index (χ1n) is 6.93. The van der Waals surface area contributed by atoms with Crippen LogP contribution in [0.2, 0.25) is 0 Å². The van der Waals surface area contributed by atoms with Gasteiger partial charge in [-0.15, -0.1) is 11.3 Å². The van der Waals surface area contributed by atoms with E-state index in [0.717, 1.165) is 9.35 Å². The summed E-state index contributed by atoms with van der Waals surface area (Å²) in [6.45, 7) is 1.23. The zero-order valence-electron chi connectivity index (χ0n) is 11.8. The molecule has 0 bridgehead atoms. The van der Waals surface area contributed by atoms with Crippen molar-refractivity contribution in [1.29, 1.82) is 0 Å². The van der Waals surface area contributed by atoms with Gasteiger partial charge < -0.3 is 9.88 Å². The number of thiophene rings is 1. The highest BCUT2D eigenvalue weighted by Crippen LogP contribution is 2.22. The maximum Gasteiger partial charge on any atom is 0.268 e. The Labute approximate surface area is 141 Å². The molecule has 1 amide bonds. The molecule has 0 aliphatic rings. The summed E-state index contributed by atoms with van der Waals surface area (Å²) in [6.07, 6.45) is 1.93. The molecule has 1 aromatic carbocycles. The van der Waals surface area contributed by atoms with Crippen molar-refractivity contribution in [2.24, 2.45) is 0 Å². The third-order valence-electron chi connectivity index (χ3n) is 3.36. The molecule has 0 aliphatic carbocycles. The summed E-state index contributed by atoms with van der Waals surface area (Å²) in [7, 11) is 0. The van der Waals surface area contributed by atoms with Gasteiger partial charge in [0.25, 0.3) is 5.91 Å². The summed E-state index contributed by atoms with van der Waals surface area (Å²) in [6, 6.07) is 15.9. The van der Waals surface area contributed by atoms with E-state index in [1.165, 1.54) is 5.56 Å². The quantitative estimate of drug-likeness (QED) is 0.709. The normalized spacial score (nSPS) is 10.6. The number of hydrogen-bond donors (Lipinski definition) is 1. The van der Waals surface area contributed by atoms with Gasteiger partial charge in [-0.05, 0) is 45.1 Å². The smallest absolute Gasteiger partial charge is 0.268 e. The average Bonchev–Trinajstić information content (AvgIpc) is 3.15. The van der Waals surface area contributed by atoms with Crippen LogP contribution in [-0.2, 0) is 13.1 Å². The van der Waals surface area contributed by atoms with Gasteiger partial charge in [-0.1, -0.05) is 30.3 Å². The number of carbonyl (C=O) groups excluding carboxylic acids is 1. The SMILES string of the molecule is O=C(NCc1sccc1Br)c1cccn1Cc1ccccc1. The van der Waals surface area contributed by atoms with E-state index in [9.17, 15) is 4.79 Å². The first-order valence-corrected chi connectivity index (χ1v) is 8.60. The van der Waals surface area contributed by atoms with Crippen LogP contribution in [0.15, 0.2) is 64.6 Å². The number of hydrogen-bond acceptors (Lipinski definition) is 2. The molecule has 0 saturated heterocycles. The first kappa shape index (κ1) is 15.1. The molecule has 3 rings (SSSR count). The highest BCUT2D eigenvalue weighted by atomic mass is 79.9. The van der Waals surface area contributed by atoms with Crippen LogP contribution in [0.4, 0.5) is 0 Å². The fourth-order valence-corrected chi connectivity index (χ4v) is 3.67. The summed E-state index contributed by atoms with van der Waals surface area (Å²) >= 11 is 5.10. The lowest BCUT2D eigenvalue weighted by molar-refractivity contribution is 0.0942. The second-order valence-corrected chi connectivity index (χ2v) is 6.74. The minimum atomic E-state index is -0.0544. The molecule has 2 heterocycles. The molecule has 0 spiro atoms. The lowest BCUT2D eigenvalue weighted by Gasteiger charge is -2.10. The molecule has 0 aliphatic heterocycles. The number of amides is 1. The zero-order chi connectivity index (χ0) is 15.4. The predicted octanol–water partition coefficient (Wildman–Crippen LogP) is 4.29. The minimum Gasteiger partial charge on any atom is -0.346 e. The molecule has 3 nitrogen and oxygen atoms in total. The van der Waals surface area contributed by atoms with Crippen LogP contribution < -0.4 is 5.32 Å². The lowest BCUT2D eigenvalue weighted by atomic mass is 10.2. The Morgan fingerprint density at radius 2 is 1.95 bits per heavy atom. The second kappa shape index (κ2) is 6.94. The van der Waals surface area contributed by atoms with Gasteiger partial charge in [0.2, 0.25) is 0 Å². The molecule has 3 aromatic rings. The molecule has 0 radical (unpaired) electrons. The first-order chi connectivity index (χ1) is 10.7. The van der Waals surface area contributed by atoms with Crippen molar-refractivity contribution in [1.82, 2.24) is 9.88 Å². The molecule has 0 saturated carbocycles. The topological polar surface area (TPSA) is 34.0 Å². The molecule has 1 N–H and O–H groups in total. The number of halogens is 1. The van der Waals surface area contributed by atoms with E-state index in [2.05, 4.69) is 33.4 Å². The molecule has 0 atom stereocenters. The Morgan fingerprint density at radius 3 is 2.68 bits per heavy atom. The van der Waals surface area contributed by atoms with Gasteiger partial charge >= 0.3 is 0 Å². The van der Waals surface area contributed by atoms with Gasteiger partial charge in [-0.2, -0.15) is 0 Å². The number of aromatic nitrogens is 1. The molecule has 2 aromatic heterocycles. The molecule has 0 fully saturated rings. The van der Waals surface area contributed by atoms with E-state index in [0.29, 0.717) is 18.8 Å². The Bertz CT molecular complexity index is 764. The summed E-state index contributed by atoms with van der Waals surface area (Å²) in [5.41, 5.74) is 1.85.